The topological polar surface area (TPSA) is 71.1 Å². The molecule has 2 aromatic carbocycles. The van der Waals surface area contributed by atoms with Crippen LogP contribution >= 0.6 is 11.6 Å². The summed E-state index contributed by atoms with van der Waals surface area (Å²) in [4.78, 5) is 24.2. The monoisotopic (exact) mass is 362 g/mol. The second-order valence-electron chi connectivity index (χ2n) is 5.28. The first kappa shape index (κ1) is 17.3. The van der Waals surface area contributed by atoms with Crippen molar-refractivity contribution in [1.82, 2.24) is 0 Å². The smallest absolute Gasteiger partial charge is 0.339 e. The molecule has 0 bridgehead atoms. The number of fused-ring (bicyclic) bond motifs is 1. The molecule has 0 N–H and O–H groups in total. The number of ether oxygens (including phenoxy) is 4. The van der Waals surface area contributed by atoms with Crippen LogP contribution in [-0.2, 0) is 27.4 Å². The first-order chi connectivity index (χ1) is 12.1. The second kappa shape index (κ2) is 7.55. The number of rotatable bonds is 4. The molecule has 6 nitrogen and oxygen atoms in total. The highest BCUT2D eigenvalue weighted by molar-refractivity contribution is 6.30. The molecule has 2 aromatic rings. The van der Waals surface area contributed by atoms with Crippen molar-refractivity contribution in [2.24, 2.45) is 0 Å². The minimum Gasteiger partial charge on any atom is -0.467 e. The Labute approximate surface area is 149 Å². The predicted molar refractivity (Wildman–Crippen MR) is 88.6 cm³/mol. The Hall–Kier alpha value is -2.57. The van der Waals surface area contributed by atoms with Crippen molar-refractivity contribution in [3.8, 4) is 5.75 Å². The summed E-state index contributed by atoms with van der Waals surface area (Å²) in [5, 5.41) is 0.494. The summed E-state index contributed by atoms with van der Waals surface area (Å²) < 4.78 is 20.7. The van der Waals surface area contributed by atoms with Gasteiger partial charge in [-0.1, -0.05) is 23.7 Å². The number of carbonyl (C=O) groups excluding carboxylic acids is 2. The molecule has 0 atom stereocenters. The molecule has 0 aromatic heterocycles. The molecule has 130 valence electrons. The molecule has 0 fully saturated rings. The maximum Gasteiger partial charge on any atom is 0.339 e. The van der Waals surface area contributed by atoms with Gasteiger partial charge in [0.1, 0.15) is 12.4 Å². The highest BCUT2D eigenvalue weighted by Gasteiger charge is 2.21. The molecule has 0 unspecified atom stereocenters. The van der Waals surface area contributed by atoms with Crippen LogP contribution in [-0.4, -0.2) is 25.8 Å². The molecule has 0 saturated heterocycles. The zero-order valence-electron chi connectivity index (χ0n) is 13.4. The molecule has 0 aliphatic carbocycles. The standard InChI is InChI=1S/C18H15ClO6/c1-22-17(20)14-4-2-3-5-15(14)18(21)24-9-12-7-13(19)6-11-8-23-10-25-16(11)12/h2-7H,8-10H2,1H3. The predicted octanol–water partition coefficient (Wildman–Crippen LogP) is 3.35. The highest BCUT2D eigenvalue weighted by atomic mass is 35.5. The lowest BCUT2D eigenvalue weighted by Gasteiger charge is -2.21. The van der Waals surface area contributed by atoms with Gasteiger partial charge in [-0.15, -0.1) is 0 Å². The van der Waals surface area contributed by atoms with E-state index in [0.717, 1.165) is 5.56 Å². The summed E-state index contributed by atoms with van der Waals surface area (Å²) in [6.45, 7) is 0.458. The second-order valence-corrected chi connectivity index (χ2v) is 5.71. The summed E-state index contributed by atoms with van der Waals surface area (Å²) in [7, 11) is 1.25. The fourth-order valence-corrected chi connectivity index (χ4v) is 2.80. The summed E-state index contributed by atoms with van der Waals surface area (Å²) >= 11 is 6.09. The molecular formula is C18H15ClO6. The van der Waals surface area contributed by atoms with Gasteiger partial charge < -0.3 is 18.9 Å². The molecule has 0 saturated carbocycles. The number of methoxy groups -OCH3 is 1. The first-order valence-electron chi connectivity index (χ1n) is 7.46. The van der Waals surface area contributed by atoms with Crippen molar-refractivity contribution in [2.75, 3.05) is 13.9 Å². The van der Waals surface area contributed by atoms with Crippen molar-refractivity contribution in [3.63, 3.8) is 0 Å². The van der Waals surface area contributed by atoms with Crippen molar-refractivity contribution in [2.45, 2.75) is 13.2 Å². The largest absolute Gasteiger partial charge is 0.467 e. The number of esters is 2. The van der Waals surface area contributed by atoms with E-state index in [2.05, 4.69) is 4.74 Å². The Morgan fingerprint density at radius 3 is 2.60 bits per heavy atom. The zero-order valence-corrected chi connectivity index (χ0v) is 14.2. The summed E-state index contributed by atoms with van der Waals surface area (Å²) in [5.41, 5.74) is 1.71. The van der Waals surface area contributed by atoms with E-state index in [0.29, 0.717) is 22.9 Å². The van der Waals surface area contributed by atoms with E-state index in [1.807, 2.05) is 0 Å². The van der Waals surface area contributed by atoms with E-state index < -0.39 is 11.9 Å². The van der Waals surface area contributed by atoms with Gasteiger partial charge in [0.25, 0.3) is 0 Å². The minimum atomic E-state index is -0.637. The maximum atomic E-state index is 12.4. The fourth-order valence-electron chi connectivity index (χ4n) is 2.53. The van der Waals surface area contributed by atoms with Crippen molar-refractivity contribution in [1.29, 1.82) is 0 Å². The third-order valence-electron chi connectivity index (χ3n) is 3.66. The Morgan fingerprint density at radius 1 is 1.16 bits per heavy atom. The summed E-state index contributed by atoms with van der Waals surface area (Å²) in [5.74, 6) is -0.639. The summed E-state index contributed by atoms with van der Waals surface area (Å²) in [6, 6.07) is 9.71. The van der Waals surface area contributed by atoms with Gasteiger partial charge in [-0.3, -0.25) is 0 Å². The number of benzene rings is 2. The van der Waals surface area contributed by atoms with Gasteiger partial charge in [-0.25, -0.2) is 9.59 Å². The van der Waals surface area contributed by atoms with Crippen LogP contribution in [0.4, 0.5) is 0 Å². The first-order valence-corrected chi connectivity index (χ1v) is 7.84. The molecule has 3 rings (SSSR count). The molecule has 0 amide bonds. The SMILES string of the molecule is COC(=O)c1ccccc1C(=O)OCc1cc(Cl)cc2c1OCOC2. The molecule has 1 aliphatic rings. The van der Waals surface area contributed by atoms with E-state index in [1.165, 1.54) is 19.2 Å². The lowest BCUT2D eigenvalue weighted by atomic mass is 10.1. The quantitative estimate of drug-likeness (QED) is 0.777. The number of hydrogen-bond donors (Lipinski definition) is 0. The Kier molecular flexibility index (Phi) is 5.21. The van der Waals surface area contributed by atoms with Crippen molar-refractivity contribution in [3.05, 3.63) is 63.7 Å². The third-order valence-corrected chi connectivity index (χ3v) is 3.88. The lowest BCUT2D eigenvalue weighted by Crippen LogP contribution is -2.15. The van der Waals surface area contributed by atoms with Crippen LogP contribution in [0.3, 0.4) is 0 Å². The molecule has 25 heavy (non-hydrogen) atoms. The van der Waals surface area contributed by atoms with Gasteiger partial charge in [0.05, 0.1) is 24.8 Å². The Morgan fingerprint density at radius 2 is 1.88 bits per heavy atom. The third kappa shape index (κ3) is 3.75. The number of halogens is 1. The van der Waals surface area contributed by atoms with E-state index in [9.17, 15) is 9.59 Å². The van der Waals surface area contributed by atoms with Gasteiger partial charge in [0, 0.05) is 16.1 Å². The number of hydrogen-bond acceptors (Lipinski definition) is 6. The van der Waals surface area contributed by atoms with Crippen LogP contribution in [0.5, 0.6) is 5.75 Å². The Bertz CT molecular complexity index is 817. The molecule has 0 spiro atoms. The minimum absolute atomic E-state index is 0.0444. The van der Waals surface area contributed by atoms with Gasteiger partial charge in [0.15, 0.2) is 6.79 Å². The van der Waals surface area contributed by atoms with Crippen LogP contribution in [0, 0.1) is 0 Å². The van der Waals surface area contributed by atoms with Crippen molar-refractivity contribution < 1.29 is 28.5 Å². The van der Waals surface area contributed by atoms with E-state index >= 15 is 0 Å². The Balaban J connectivity index is 1.80. The zero-order chi connectivity index (χ0) is 17.8. The molecule has 1 heterocycles. The van der Waals surface area contributed by atoms with Crippen LogP contribution in [0.2, 0.25) is 5.02 Å². The van der Waals surface area contributed by atoms with Crippen molar-refractivity contribution >= 4 is 23.5 Å². The van der Waals surface area contributed by atoms with Gasteiger partial charge >= 0.3 is 11.9 Å². The van der Waals surface area contributed by atoms with Gasteiger partial charge in [-0.2, -0.15) is 0 Å². The van der Waals surface area contributed by atoms with Crippen LogP contribution in [0.25, 0.3) is 0 Å². The van der Waals surface area contributed by atoms with Crippen LogP contribution in [0.15, 0.2) is 36.4 Å². The maximum absolute atomic E-state index is 12.4. The van der Waals surface area contributed by atoms with E-state index in [-0.39, 0.29) is 24.5 Å². The average Bonchev–Trinajstić information content (AvgIpc) is 2.65. The molecule has 1 aliphatic heterocycles. The van der Waals surface area contributed by atoms with E-state index in [1.54, 1.807) is 24.3 Å². The van der Waals surface area contributed by atoms with Gasteiger partial charge in [-0.05, 0) is 24.3 Å². The summed E-state index contributed by atoms with van der Waals surface area (Å²) in [6.07, 6.45) is 0. The lowest BCUT2D eigenvalue weighted by molar-refractivity contribution is -0.0180. The van der Waals surface area contributed by atoms with E-state index in [4.69, 9.17) is 25.8 Å². The molecule has 7 heteroatoms. The fraction of sp³-hybridized carbons (Fsp3) is 0.222. The van der Waals surface area contributed by atoms with Crippen LogP contribution in [0.1, 0.15) is 31.8 Å². The van der Waals surface area contributed by atoms with Gasteiger partial charge in [0.2, 0.25) is 0 Å². The normalized spacial score (nSPS) is 12.7. The molecule has 0 radical (unpaired) electrons. The number of carbonyl (C=O) groups is 2. The van der Waals surface area contributed by atoms with Crippen LogP contribution < -0.4 is 4.74 Å². The average molecular weight is 363 g/mol. The highest BCUT2D eigenvalue weighted by Crippen LogP contribution is 2.32. The molecular weight excluding hydrogens is 348 g/mol.